The number of hydrogen-bond donors (Lipinski definition) is 1. The molecule has 0 bridgehead atoms. The zero-order valence-electron chi connectivity index (χ0n) is 24.8. The Morgan fingerprint density at radius 3 is 2.51 bits per heavy atom. The van der Waals surface area contributed by atoms with Crippen molar-refractivity contribution in [1.82, 2.24) is 20.1 Å². The average molecular weight is 637 g/mol. The molecule has 1 aliphatic rings. The van der Waals surface area contributed by atoms with E-state index >= 15 is 0 Å². The number of amidine groups is 1. The topological polar surface area (TPSA) is 102 Å². The highest BCUT2D eigenvalue weighted by Crippen LogP contribution is 2.34. The summed E-state index contributed by atoms with van der Waals surface area (Å²) in [6.07, 6.45) is -1.87. The summed E-state index contributed by atoms with van der Waals surface area (Å²) in [4.78, 5) is 35.4. The van der Waals surface area contributed by atoms with Crippen LogP contribution in [-0.4, -0.2) is 50.5 Å². The van der Waals surface area contributed by atoms with E-state index in [0.717, 1.165) is 27.9 Å². The number of hydrogen-bond acceptors (Lipinski definition) is 6. The van der Waals surface area contributed by atoms with Crippen molar-refractivity contribution in [2.24, 2.45) is 4.99 Å². The lowest BCUT2D eigenvalue weighted by atomic mass is 9.98. The van der Waals surface area contributed by atoms with Gasteiger partial charge >= 0.3 is 12.4 Å². The minimum atomic E-state index is -4.75. The highest BCUT2D eigenvalue weighted by Gasteiger charge is 2.32. The number of aromatic nitrogens is 3. The third-order valence-electron chi connectivity index (χ3n) is 6.97. The molecule has 0 saturated carbocycles. The van der Waals surface area contributed by atoms with Gasteiger partial charge < -0.3 is 10.1 Å². The first-order valence-corrected chi connectivity index (χ1v) is 15.3. The highest BCUT2D eigenvalue weighted by atomic mass is 32.2. The number of aryl methyl sites for hydroxylation is 2. The molecule has 45 heavy (non-hydrogen) atoms. The molecular weight excluding hydrogens is 605 g/mol. The Balaban J connectivity index is 1.13. The second-order valence-corrected chi connectivity index (χ2v) is 11.7. The second-order valence-electron chi connectivity index (χ2n) is 10.7. The maximum absolute atomic E-state index is 12.7. The fourth-order valence-electron chi connectivity index (χ4n) is 4.78. The Bertz CT molecular complexity index is 1700. The molecule has 1 N–H and O–H groups in total. The van der Waals surface area contributed by atoms with Crippen LogP contribution in [0.3, 0.4) is 0 Å². The van der Waals surface area contributed by atoms with Crippen molar-refractivity contribution in [3.05, 3.63) is 89.7 Å². The second kappa shape index (κ2) is 13.6. The summed E-state index contributed by atoms with van der Waals surface area (Å²) in [6.45, 7) is 6.56. The minimum absolute atomic E-state index is 0.101. The van der Waals surface area contributed by atoms with Gasteiger partial charge in [0.2, 0.25) is 5.91 Å². The van der Waals surface area contributed by atoms with Gasteiger partial charge in [-0.15, -0.1) is 18.3 Å². The highest BCUT2D eigenvalue weighted by molar-refractivity contribution is 8.15. The predicted molar refractivity (Wildman–Crippen MR) is 168 cm³/mol. The van der Waals surface area contributed by atoms with Gasteiger partial charge in [0.05, 0.1) is 17.1 Å². The number of alkyl halides is 3. The molecular formula is C32H31F3N6O3S. The molecule has 4 aromatic rings. The molecule has 9 nitrogen and oxygen atoms in total. The van der Waals surface area contributed by atoms with E-state index in [1.165, 1.54) is 47.0 Å². The maximum Gasteiger partial charge on any atom is 0.573 e. The van der Waals surface area contributed by atoms with Crippen LogP contribution in [0.25, 0.3) is 17.1 Å². The van der Waals surface area contributed by atoms with E-state index in [0.29, 0.717) is 36.1 Å². The molecule has 234 valence electrons. The van der Waals surface area contributed by atoms with Crippen molar-refractivity contribution in [2.75, 3.05) is 17.2 Å². The van der Waals surface area contributed by atoms with Gasteiger partial charge in [0.25, 0.3) is 0 Å². The maximum atomic E-state index is 12.7. The van der Waals surface area contributed by atoms with Crippen LogP contribution in [-0.2, 0) is 11.2 Å². The Morgan fingerprint density at radius 1 is 1.09 bits per heavy atom. The molecule has 13 heteroatoms. The van der Waals surface area contributed by atoms with Gasteiger partial charge in [-0.05, 0) is 67.1 Å². The Hall–Kier alpha value is -4.65. The van der Waals surface area contributed by atoms with Gasteiger partial charge in [-0.3, -0.25) is 9.69 Å². The van der Waals surface area contributed by atoms with Crippen LogP contribution in [0.15, 0.2) is 78.0 Å². The van der Waals surface area contributed by atoms with E-state index < -0.39 is 12.4 Å². The standard InChI is InChI=1S/C32H31F3N6O3S/c1-20(2)26-17-21(3)6-15-27(26)41-28(42)18-45-31(41)38-30(43)36-16-4-5-22-7-9-23(10-8-22)29-37-19-40(39-29)24-11-13-25(14-12-24)44-32(33,34)35/h6-15,17,19-20H,4-5,16,18H2,1-3H3,(H,36,43). The lowest BCUT2D eigenvalue weighted by Gasteiger charge is -2.22. The summed E-state index contributed by atoms with van der Waals surface area (Å²) in [5.74, 6) is 0.483. The number of nitrogens with one attached hydrogen (secondary N) is 1. The van der Waals surface area contributed by atoms with Crippen molar-refractivity contribution < 1.29 is 27.5 Å². The smallest absolute Gasteiger partial charge is 0.406 e. The lowest BCUT2D eigenvalue weighted by Crippen LogP contribution is -2.32. The van der Waals surface area contributed by atoms with Gasteiger partial charge in [0.15, 0.2) is 11.0 Å². The van der Waals surface area contributed by atoms with Gasteiger partial charge in [-0.2, -0.15) is 4.99 Å². The molecule has 0 aliphatic carbocycles. The zero-order valence-corrected chi connectivity index (χ0v) is 25.7. The van der Waals surface area contributed by atoms with Crippen LogP contribution in [0.5, 0.6) is 5.75 Å². The fraction of sp³-hybridized carbons (Fsp3) is 0.281. The first-order chi connectivity index (χ1) is 21.5. The van der Waals surface area contributed by atoms with E-state index in [1.54, 1.807) is 4.90 Å². The molecule has 3 amide bonds. The summed E-state index contributed by atoms with van der Waals surface area (Å²) in [6, 6.07) is 18.5. The van der Waals surface area contributed by atoms with Gasteiger partial charge in [0, 0.05) is 12.1 Å². The van der Waals surface area contributed by atoms with E-state index in [1.807, 2.05) is 43.3 Å². The molecule has 1 aromatic heterocycles. The predicted octanol–water partition coefficient (Wildman–Crippen LogP) is 7.04. The number of thioether (sulfide) groups is 1. The largest absolute Gasteiger partial charge is 0.573 e. The molecule has 1 aliphatic heterocycles. The number of urea groups is 1. The Kier molecular flexibility index (Phi) is 9.57. The summed E-state index contributed by atoms with van der Waals surface area (Å²) in [5, 5.41) is 7.62. The molecule has 1 fully saturated rings. The third-order valence-corrected chi connectivity index (χ3v) is 7.89. The first-order valence-electron chi connectivity index (χ1n) is 14.3. The van der Waals surface area contributed by atoms with E-state index in [9.17, 15) is 22.8 Å². The number of halogens is 3. The minimum Gasteiger partial charge on any atom is -0.406 e. The molecule has 0 radical (unpaired) electrons. The summed E-state index contributed by atoms with van der Waals surface area (Å²) >= 11 is 1.26. The van der Waals surface area contributed by atoms with Crippen molar-refractivity contribution in [3.63, 3.8) is 0 Å². The van der Waals surface area contributed by atoms with Gasteiger partial charge in [-0.1, -0.05) is 67.6 Å². The quantitative estimate of drug-likeness (QED) is 0.198. The number of carbonyl (C=O) groups excluding carboxylic acids is 2. The molecule has 0 atom stereocenters. The molecule has 1 saturated heterocycles. The van der Waals surface area contributed by atoms with Crippen LogP contribution >= 0.6 is 11.8 Å². The van der Waals surface area contributed by atoms with Crippen LogP contribution in [0.2, 0.25) is 0 Å². The fourth-order valence-corrected chi connectivity index (χ4v) is 5.64. The molecule has 2 heterocycles. The summed E-state index contributed by atoms with van der Waals surface area (Å²) in [7, 11) is 0. The number of benzene rings is 3. The number of ether oxygens (including phenoxy) is 1. The van der Waals surface area contributed by atoms with Crippen LogP contribution < -0.4 is 15.0 Å². The summed E-state index contributed by atoms with van der Waals surface area (Å²) in [5.41, 5.74) is 5.27. The number of aliphatic imine (C=N–C) groups is 1. The monoisotopic (exact) mass is 636 g/mol. The molecule has 0 spiro atoms. The van der Waals surface area contributed by atoms with Gasteiger partial charge in [0.1, 0.15) is 12.1 Å². The lowest BCUT2D eigenvalue weighted by molar-refractivity contribution is -0.274. The number of carbonyl (C=O) groups is 2. The van der Waals surface area contributed by atoms with Crippen LogP contribution in [0, 0.1) is 6.92 Å². The summed E-state index contributed by atoms with van der Waals surface area (Å²) < 4.78 is 42.6. The molecule has 0 unspecified atom stereocenters. The zero-order chi connectivity index (χ0) is 32.1. The number of rotatable bonds is 9. The van der Waals surface area contributed by atoms with Gasteiger partial charge in [-0.25, -0.2) is 14.5 Å². The van der Waals surface area contributed by atoms with Crippen molar-refractivity contribution in [3.8, 4) is 22.8 Å². The molecule has 3 aromatic carbocycles. The van der Waals surface area contributed by atoms with Crippen LogP contribution in [0.1, 0.15) is 42.9 Å². The Morgan fingerprint density at radius 2 is 1.82 bits per heavy atom. The van der Waals surface area contributed by atoms with E-state index in [4.69, 9.17) is 0 Å². The van der Waals surface area contributed by atoms with Crippen molar-refractivity contribution in [2.45, 2.75) is 45.9 Å². The van der Waals surface area contributed by atoms with E-state index in [-0.39, 0.29) is 23.3 Å². The number of nitrogens with zero attached hydrogens (tertiary/aromatic N) is 5. The van der Waals surface area contributed by atoms with Crippen molar-refractivity contribution >= 4 is 34.6 Å². The number of amides is 3. The van der Waals surface area contributed by atoms with E-state index in [2.05, 4.69) is 45.0 Å². The Labute approximate surface area is 262 Å². The SMILES string of the molecule is Cc1ccc(N2C(=O)CSC2=NC(=O)NCCCc2ccc(-c3ncn(-c4ccc(OC(F)(F)F)cc4)n3)cc2)c(C(C)C)c1. The molecule has 5 rings (SSSR count). The normalized spacial score (nSPS) is 14.4. The number of anilines is 1. The van der Waals surface area contributed by atoms with Crippen LogP contribution in [0.4, 0.5) is 23.7 Å². The average Bonchev–Trinajstić information content (AvgIpc) is 3.62. The van der Waals surface area contributed by atoms with Crippen molar-refractivity contribution in [1.29, 1.82) is 0 Å². The third kappa shape index (κ3) is 8.09. The first kappa shape index (κ1) is 31.8.